The number of nitrogens with one attached hydrogen (secondary N) is 1. The molecule has 0 saturated carbocycles. The fraction of sp³-hybridized carbons (Fsp3) is 0.125. The molecule has 23 heavy (non-hydrogen) atoms. The lowest BCUT2D eigenvalue weighted by molar-refractivity contribution is 0.0981. The fourth-order valence-electron chi connectivity index (χ4n) is 2.21. The molecule has 1 N–H and O–H groups in total. The van der Waals surface area contributed by atoms with Gasteiger partial charge in [0.2, 0.25) is 11.6 Å². The molecule has 0 amide bonds. The van der Waals surface area contributed by atoms with E-state index in [9.17, 15) is 9.59 Å². The maximum absolute atomic E-state index is 12.5. The first-order chi connectivity index (χ1) is 11.1. The molecule has 116 valence electrons. The molecule has 0 atom stereocenters. The zero-order valence-corrected chi connectivity index (χ0v) is 12.9. The highest BCUT2D eigenvalue weighted by atomic mass is 35.5. The summed E-state index contributed by atoms with van der Waals surface area (Å²) in [6.45, 7) is 2.46. The molecular weight excluding hydrogens is 318 g/mol. The average molecular weight is 330 g/mol. The molecule has 0 unspecified atom stereocenters. The molecule has 0 radical (unpaired) electrons. The van der Waals surface area contributed by atoms with Crippen LogP contribution in [-0.2, 0) is 0 Å². The van der Waals surface area contributed by atoms with Crippen LogP contribution in [0.1, 0.15) is 27.6 Å². The first kappa shape index (κ1) is 15.2. The lowest BCUT2D eigenvalue weighted by Crippen LogP contribution is -2.24. The van der Waals surface area contributed by atoms with E-state index in [-0.39, 0.29) is 21.9 Å². The molecule has 1 aliphatic carbocycles. The number of benzene rings is 1. The average Bonchev–Trinajstić information content (AvgIpc) is 2.58. The number of allylic oxidation sites excluding steroid dienone is 2. The van der Waals surface area contributed by atoms with E-state index in [0.29, 0.717) is 18.0 Å². The van der Waals surface area contributed by atoms with Gasteiger partial charge in [-0.25, -0.2) is 0 Å². The van der Waals surface area contributed by atoms with Crippen molar-refractivity contribution in [1.29, 1.82) is 0 Å². The van der Waals surface area contributed by atoms with Crippen molar-refractivity contribution in [2.24, 2.45) is 0 Å². The van der Waals surface area contributed by atoms with Crippen LogP contribution in [0.3, 0.4) is 0 Å². The summed E-state index contributed by atoms with van der Waals surface area (Å²) in [6.07, 6.45) is 2.50. The second kappa shape index (κ2) is 6.18. The minimum atomic E-state index is -0.454. The number of aromatic nitrogens is 2. The number of carbonyl (C=O) groups is 2. The number of ketones is 2. The number of rotatable bonds is 4. The monoisotopic (exact) mass is 329 g/mol. The summed E-state index contributed by atoms with van der Waals surface area (Å²) < 4.78 is 5.35. The number of fused-ring (bicyclic) bond motifs is 1. The van der Waals surface area contributed by atoms with Crippen molar-refractivity contribution in [2.45, 2.75) is 6.92 Å². The maximum Gasteiger partial charge on any atom is 0.213 e. The van der Waals surface area contributed by atoms with Gasteiger partial charge < -0.3 is 10.1 Å². The van der Waals surface area contributed by atoms with Crippen molar-refractivity contribution in [2.75, 3.05) is 11.9 Å². The first-order valence-corrected chi connectivity index (χ1v) is 7.29. The summed E-state index contributed by atoms with van der Waals surface area (Å²) in [5, 5.41) is 10.00. The maximum atomic E-state index is 12.5. The summed E-state index contributed by atoms with van der Waals surface area (Å²) in [7, 11) is 0. The van der Waals surface area contributed by atoms with Gasteiger partial charge in [-0.15, -0.1) is 0 Å². The van der Waals surface area contributed by atoms with Crippen molar-refractivity contribution < 1.29 is 14.3 Å². The molecular formula is C16H12ClN3O3. The normalized spacial score (nSPS) is 13.8. The summed E-state index contributed by atoms with van der Waals surface area (Å²) in [6, 6.07) is 6.99. The van der Waals surface area contributed by atoms with Crippen LogP contribution in [0.25, 0.3) is 0 Å². The molecule has 1 aromatic heterocycles. The Balaban J connectivity index is 1.92. The predicted molar refractivity (Wildman–Crippen MR) is 84.8 cm³/mol. The third kappa shape index (κ3) is 2.80. The Morgan fingerprint density at radius 1 is 1.04 bits per heavy atom. The van der Waals surface area contributed by atoms with E-state index >= 15 is 0 Å². The number of halogens is 1. The number of ether oxygens (including phenoxy) is 1. The van der Waals surface area contributed by atoms with E-state index in [4.69, 9.17) is 16.3 Å². The Labute approximate surface area is 137 Å². The molecule has 0 fully saturated rings. The smallest absolute Gasteiger partial charge is 0.213 e. The second-order valence-corrected chi connectivity index (χ2v) is 5.12. The highest BCUT2D eigenvalue weighted by Gasteiger charge is 2.32. The Kier molecular flexibility index (Phi) is 4.08. The molecule has 1 heterocycles. The molecule has 0 bridgehead atoms. The lowest BCUT2D eigenvalue weighted by atomic mass is 9.95. The van der Waals surface area contributed by atoms with Crippen LogP contribution < -0.4 is 10.1 Å². The molecule has 1 aliphatic rings. The summed E-state index contributed by atoms with van der Waals surface area (Å²) in [5.74, 6) is -0.136. The molecule has 2 aromatic rings. The van der Waals surface area contributed by atoms with Gasteiger partial charge in [-0.3, -0.25) is 9.59 Å². The van der Waals surface area contributed by atoms with E-state index in [1.165, 1.54) is 12.4 Å². The van der Waals surface area contributed by atoms with Crippen LogP contribution >= 0.6 is 11.6 Å². The molecule has 0 spiro atoms. The summed E-state index contributed by atoms with van der Waals surface area (Å²) in [4.78, 5) is 24.7. The van der Waals surface area contributed by atoms with E-state index in [1.54, 1.807) is 24.3 Å². The van der Waals surface area contributed by atoms with Crippen LogP contribution in [-0.4, -0.2) is 28.4 Å². The number of hydrogen-bond acceptors (Lipinski definition) is 6. The predicted octanol–water partition coefficient (Wildman–Crippen LogP) is 2.82. The van der Waals surface area contributed by atoms with Gasteiger partial charge in [-0.1, -0.05) is 11.6 Å². The third-order valence-corrected chi connectivity index (χ3v) is 3.66. The Morgan fingerprint density at radius 3 is 2.26 bits per heavy atom. The van der Waals surface area contributed by atoms with Crippen LogP contribution in [0.15, 0.2) is 47.4 Å². The van der Waals surface area contributed by atoms with Crippen molar-refractivity contribution >= 4 is 28.9 Å². The van der Waals surface area contributed by atoms with Gasteiger partial charge in [0.1, 0.15) is 16.5 Å². The molecule has 1 aromatic carbocycles. The highest BCUT2D eigenvalue weighted by Crippen LogP contribution is 2.29. The first-order valence-electron chi connectivity index (χ1n) is 6.91. The van der Waals surface area contributed by atoms with Gasteiger partial charge in [-0.2, -0.15) is 10.2 Å². The second-order valence-electron chi connectivity index (χ2n) is 4.75. The standard InChI is InChI=1S/C16H12ClN3O3/c1-2-23-10-5-3-9(4-6-10)20-14-13(17)15(21)11-7-18-19-8-12(11)16(14)22/h3-8,20H,2H2,1H3. The number of hydrogen-bond donors (Lipinski definition) is 1. The van der Waals surface area contributed by atoms with Crippen LogP contribution in [0.2, 0.25) is 0 Å². The quantitative estimate of drug-likeness (QED) is 0.929. The molecule has 0 aliphatic heterocycles. The zero-order valence-electron chi connectivity index (χ0n) is 12.2. The van der Waals surface area contributed by atoms with E-state index < -0.39 is 11.6 Å². The fourth-order valence-corrected chi connectivity index (χ4v) is 2.44. The van der Waals surface area contributed by atoms with Gasteiger partial charge in [0, 0.05) is 5.69 Å². The number of nitrogens with zero attached hydrogens (tertiary/aromatic N) is 2. The Morgan fingerprint density at radius 2 is 1.65 bits per heavy atom. The van der Waals surface area contributed by atoms with Crippen molar-refractivity contribution in [3.8, 4) is 5.75 Å². The van der Waals surface area contributed by atoms with E-state index in [2.05, 4.69) is 15.5 Å². The molecule has 7 heteroatoms. The lowest BCUT2D eigenvalue weighted by Gasteiger charge is -2.18. The third-order valence-electron chi connectivity index (χ3n) is 3.30. The highest BCUT2D eigenvalue weighted by molar-refractivity contribution is 6.50. The molecule has 3 rings (SSSR count). The Bertz CT molecular complexity index is 816. The van der Waals surface area contributed by atoms with Crippen LogP contribution in [0, 0.1) is 0 Å². The number of Topliss-reactive ketones (excluding diaryl/α,β-unsaturated/α-hetero) is 2. The Hall–Kier alpha value is -2.73. The number of carbonyl (C=O) groups excluding carboxylic acids is 2. The van der Waals surface area contributed by atoms with Gasteiger partial charge in [-0.05, 0) is 31.2 Å². The molecule has 6 nitrogen and oxygen atoms in total. The SMILES string of the molecule is CCOc1ccc(NC2=C(Cl)C(=O)c3cnncc3C2=O)cc1. The number of anilines is 1. The van der Waals surface area contributed by atoms with Crippen molar-refractivity contribution in [1.82, 2.24) is 10.2 Å². The largest absolute Gasteiger partial charge is 0.494 e. The van der Waals surface area contributed by atoms with Gasteiger partial charge in [0.15, 0.2) is 0 Å². The minimum Gasteiger partial charge on any atom is -0.494 e. The minimum absolute atomic E-state index is 0.0290. The van der Waals surface area contributed by atoms with Crippen LogP contribution in [0.4, 0.5) is 5.69 Å². The van der Waals surface area contributed by atoms with E-state index in [1.807, 2.05) is 6.92 Å². The van der Waals surface area contributed by atoms with Crippen molar-refractivity contribution in [3.63, 3.8) is 0 Å². The molecule has 0 saturated heterocycles. The summed E-state index contributed by atoms with van der Waals surface area (Å²) in [5.41, 5.74) is 0.990. The van der Waals surface area contributed by atoms with Crippen molar-refractivity contribution in [3.05, 3.63) is 58.5 Å². The van der Waals surface area contributed by atoms with Gasteiger partial charge >= 0.3 is 0 Å². The van der Waals surface area contributed by atoms with Gasteiger partial charge in [0.05, 0.1) is 30.1 Å². The van der Waals surface area contributed by atoms with Crippen LogP contribution in [0.5, 0.6) is 5.75 Å². The zero-order chi connectivity index (χ0) is 16.4. The van der Waals surface area contributed by atoms with E-state index in [0.717, 1.165) is 0 Å². The topological polar surface area (TPSA) is 81.2 Å². The van der Waals surface area contributed by atoms with Gasteiger partial charge in [0.25, 0.3) is 0 Å². The summed E-state index contributed by atoms with van der Waals surface area (Å²) >= 11 is 6.06.